The van der Waals surface area contributed by atoms with E-state index < -0.39 is 0 Å². The van der Waals surface area contributed by atoms with Crippen LogP contribution < -0.4 is 0 Å². The second kappa shape index (κ2) is 5.61. The van der Waals surface area contributed by atoms with Gasteiger partial charge in [-0.1, -0.05) is 78.9 Å². The lowest BCUT2D eigenvalue weighted by atomic mass is 9.86. The molecule has 0 amide bonds. The molecule has 0 heterocycles. The number of benzene rings is 8. The van der Waals surface area contributed by atoms with Crippen LogP contribution in [0.25, 0.3) is 75.8 Å². The average molecular weight is 465 g/mol. The van der Waals surface area contributed by atoms with E-state index in [0.29, 0.717) is 0 Å². The maximum Gasteiger partial charge on any atom is -0.000682 e. The molecular formula is C37H20. The van der Waals surface area contributed by atoms with Gasteiger partial charge in [0.1, 0.15) is 0 Å². The molecule has 3 aliphatic carbocycles. The monoisotopic (exact) mass is 464 g/mol. The summed E-state index contributed by atoms with van der Waals surface area (Å²) in [5.74, 6) is 0. The Labute approximate surface area is 213 Å². The normalized spacial score (nSPS) is 14.7. The molecule has 0 aromatic heterocycles. The van der Waals surface area contributed by atoms with Gasteiger partial charge in [0.15, 0.2) is 0 Å². The van der Waals surface area contributed by atoms with Crippen LogP contribution in [0.1, 0.15) is 33.4 Å². The average Bonchev–Trinajstić information content (AvgIpc) is 3.61. The highest BCUT2D eigenvalue weighted by molar-refractivity contribution is 6.34. The summed E-state index contributed by atoms with van der Waals surface area (Å²) in [7, 11) is 0. The van der Waals surface area contributed by atoms with E-state index in [2.05, 4.69) is 84.9 Å². The molecule has 168 valence electrons. The zero-order valence-corrected chi connectivity index (χ0v) is 20.2. The molecule has 0 unspecified atom stereocenters. The van der Waals surface area contributed by atoms with Crippen LogP contribution in [0.2, 0.25) is 0 Å². The van der Waals surface area contributed by atoms with Gasteiger partial charge in [0.25, 0.3) is 0 Å². The van der Waals surface area contributed by atoms with Gasteiger partial charge in [0, 0.05) is 0 Å². The van der Waals surface area contributed by atoms with Crippen LogP contribution in [-0.4, -0.2) is 0 Å². The summed E-state index contributed by atoms with van der Waals surface area (Å²) in [4.78, 5) is 0. The molecule has 8 aromatic rings. The summed E-state index contributed by atoms with van der Waals surface area (Å²) < 4.78 is 0. The van der Waals surface area contributed by atoms with Crippen molar-refractivity contribution in [3.05, 3.63) is 118 Å². The highest BCUT2D eigenvalue weighted by Crippen LogP contribution is 2.55. The predicted molar refractivity (Wildman–Crippen MR) is 157 cm³/mol. The van der Waals surface area contributed by atoms with Crippen LogP contribution in [0.4, 0.5) is 0 Å². The van der Waals surface area contributed by atoms with E-state index in [9.17, 15) is 0 Å². The molecule has 0 fully saturated rings. The van der Waals surface area contributed by atoms with Crippen molar-refractivity contribution in [1.29, 1.82) is 0 Å². The quantitative estimate of drug-likeness (QED) is 0.212. The summed E-state index contributed by atoms with van der Waals surface area (Å²) in [6.07, 6.45) is 3.19. The summed E-state index contributed by atoms with van der Waals surface area (Å²) in [5.41, 5.74) is 12.0. The molecule has 0 saturated carbocycles. The fourth-order valence-electron chi connectivity index (χ4n) is 8.58. The molecule has 0 bridgehead atoms. The molecular weight excluding hydrogens is 444 g/mol. The van der Waals surface area contributed by atoms with Crippen LogP contribution in [0, 0.1) is 0 Å². The maximum absolute atomic E-state index is 2.57. The van der Waals surface area contributed by atoms with Crippen molar-refractivity contribution in [1.82, 2.24) is 0 Å². The minimum atomic E-state index is 1.04. The highest BCUT2D eigenvalue weighted by atomic mass is 14.4. The molecule has 0 heteroatoms. The number of hydrogen-bond donors (Lipinski definition) is 0. The Hall–Kier alpha value is -4.42. The Morgan fingerprint density at radius 1 is 0.351 bits per heavy atom. The molecule has 0 atom stereocenters. The first-order valence-corrected chi connectivity index (χ1v) is 13.5. The van der Waals surface area contributed by atoms with Crippen LogP contribution in [0.15, 0.2) is 84.9 Å². The summed E-state index contributed by atoms with van der Waals surface area (Å²) >= 11 is 0. The van der Waals surface area contributed by atoms with Crippen LogP contribution >= 0.6 is 0 Å². The van der Waals surface area contributed by atoms with Gasteiger partial charge in [-0.2, -0.15) is 0 Å². The molecule has 0 aliphatic heterocycles. The van der Waals surface area contributed by atoms with E-state index in [1.54, 1.807) is 37.9 Å². The topological polar surface area (TPSA) is 0 Å². The highest BCUT2D eigenvalue weighted by Gasteiger charge is 2.33. The Bertz CT molecular complexity index is 2370. The third-order valence-electron chi connectivity index (χ3n) is 9.97. The van der Waals surface area contributed by atoms with Crippen molar-refractivity contribution < 1.29 is 0 Å². The lowest BCUT2D eigenvalue weighted by Crippen LogP contribution is -1.93. The largest absolute Gasteiger partial charge is 0.0610 e. The van der Waals surface area contributed by atoms with Gasteiger partial charge in [-0.15, -0.1) is 0 Å². The van der Waals surface area contributed by atoms with Crippen molar-refractivity contribution in [3.63, 3.8) is 0 Å². The van der Waals surface area contributed by atoms with Gasteiger partial charge in [-0.25, -0.2) is 0 Å². The SMILES string of the molecule is c1cc2ccc3ccc(-c4cc5c6c7c(ccc8c7c7c(ccc9c7c6c4C9)C8)C5)c4ccc(c1)c2c34. The second-order valence-electron chi connectivity index (χ2n) is 11.6. The summed E-state index contributed by atoms with van der Waals surface area (Å²) in [5, 5.41) is 17.6. The Kier molecular flexibility index (Phi) is 2.72. The van der Waals surface area contributed by atoms with Crippen molar-refractivity contribution >= 4 is 64.6 Å². The molecule has 3 aliphatic rings. The van der Waals surface area contributed by atoms with E-state index in [1.807, 2.05) is 0 Å². The number of rotatable bonds is 1. The fraction of sp³-hybridized carbons (Fsp3) is 0.0811. The van der Waals surface area contributed by atoms with Crippen molar-refractivity contribution in [2.75, 3.05) is 0 Å². The smallest absolute Gasteiger partial charge is 0.000682 e. The fourth-order valence-corrected chi connectivity index (χ4v) is 8.58. The molecule has 0 saturated heterocycles. The van der Waals surface area contributed by atoms with E-state index >= 15 is 0 Å². The zero-order chi connectivity index (χ0) is 23.6. The van der Waals surface area contributed by atoms with Crippen molar-refractivity contribution in [3.8, 4) is 11.1 Å². The zero-order valence-electron chi connectivity index (χ0n) is 20.2. The van der Waals surface area contributed by atoms with Crippen molar-refractivity contribution in [2.45, 2.75) is 19.3 Å². The summed E-state index contributed by atoms with van der Waals surface area (Å²) in [6, 6.07) is 33.0. The van der Waals surface area contributed by atoms with E-state index in [0.717, 1.165) is 19.3 Å². The van der Waals surface area contributed by atoms with Gasteiger partial charge >= 0.3 is 0 Å². The molecule has 11 rings (SSSR count). The van der Waals surface area contributed by atoms with Crippen LogP contribution in [-0.2, 0) is 19.3 Å². The summed E-state index contributed by atoms with van der Waals surface area (Å²) in [6.45, 7) is 0. The first-order chi connectivity index (χ1) is 18.3. The first-order valence-electron chi connectivity index (χ1n) is 13.5. The maximum atomic E-state index is 2.57. The predicted octanol–water partition coefficient (Wildman–Crippen LogP) is 9.42. The van der Waals surface area contributed by atoms with Crippen LogP contribution in [0.5, 0.6) is 0 Å². The molecule has 0 nitrogen and oxygen atoms in total. The van der Waals surface area contributed by atoms with E-state index in [1.165, 1.54) is 71.3 Å². The van der Waals surface area contributed by atoms with E-state index in [-0.39, 0.29) is 0 Å². The Morgan fingerprint density at radius 3 is 1.62 bits per heavy atom. The van der Waals surface area contributed by atoms with E-state index in [4.69, 9.17) is 0 Å². The van der Waals surface area contributed by atoms with Crippen LogP contribution in [0.3, 0.4) is 0 Å². The van der Waals surface area contributed by atoms with Gasteiger partial charge in [-0.3, -0.25) is 0 Å². The molecule has 0 spiro atoms. The third-order valence-corrected chi connectivity index (χ3v) is 9.97. The lowest BCUT2D eigenvalue weighted by molar-refractivity contribution is 1.24. The number of hydrogen-bond acceptors (Lipinski definition) is 0. The molecule has 0 radical (unpaired) electrons. The Morgan fingerprint density at radius 2 is 0.892 bits per heavy atom. The standard InChI is InChI=1S/C37H20/c1-2-18-4-5-20-10-12-26(27-13-11-19(3-1)30(18)31(20)27)28-17-25-15-23-7-6-21-14-22-8-9-24-16-29(28)37-35(24)33(22)32(21)34(23)36(25)37/h1-13,17H,14-16H2. The third kappa shape index (κ3) is 1.84. The first kappa shape index (κ1) is 17.9. The Balaban J connectivity index is 1.35. The van der Waals surface area contributed by atoms with Gasteiger partial charge in [0.2, 0.25) is 0 Å². The lowest BCUT2D eigenvalue weighted by Gasteiger charge is -2.17. The molecule has 0 N–H and O–H groups in total. The molecule has 8 aromatic carbocycles. The molecule has 37 heavy (non-hydrogen) atoms. The van der Waals surface area contributed by atoms with Gasteiger partial charge in [-0.05, 0) is 134 Å². The minimum Gasteiger partial charge on any atom is -0.0610 e. The van der Waals surface area contributed by atoms with Gasteiger partial charge < -0.3 is 0 Å². The minimum absolute atomic E-state index is 1.04. The second-order valence-corrected chi connectivity index (χ2v) is 11.6. The van der Waals surface area contributed by atoms with Crippen molar-refractivity contribution in [2.24, 2.45) is 0 Å². The van der Waals surface area contributed by atoms with Gasteiger partial charge in [0.05, 0.1) is 0 Å².